The van der Waals surface area contributed by atoms with Crippen LogP contribution in [0.25, 0.3) is 0 Å². The van der Waals surface area contributed by atoms with E-state index in [1.807, 2.05) is 65.6 Å². The summed E-state index contributed by atoms with van der Waals surface area (Å²) >= 11 is 0. The minimum atomic E-state index is -0.233. The molecule has 0 saturated heterocycles. The summed E-state index contributed by atoms with van der Waals surface area (Å²) in [7, 11) is 0. The van der Waals surface area contributed by atoms with Gasteiger partial charge in [0, 0.05) is 41.4 Å². The highest BCUT2D eigenvalue weighted by Crippen LogP contribution is 2.35. The van der Waals surface area contributed by atoms with Crippen LogP contribution in [0.15, 0.2) is 109 Å². The lowest BCUT2D eigenvalue weighted by Crippen LogP contribution is -2.35. The molecule has 0 fully saturated rings. The van der Waals surface area contributed by atoms with Gasteiger partial charge < -0.3 is 15.5 Å². The Hall–Kier alpha value is -4.38. The van der Waals surface area contributed by atoms with Crippen molar-refractivity contribution in [2.45, 2.75) is 32.4 Å². The second kappa shape index (κ2) is 12.0. The van der Waals surface area contributed by atoms with Crippen LogP contribution < -0.4 is 10.6 Å². The lowest BCUT2D eigenvalue weighted by Gasteiger charge is -2.28. The number of hydrogen-bond acceptors (Lipinski definition) is 3. The highest BCUT2D eigenvalue weighted by molar-refractivity contribution is 5.99. The maximum absolute atomic E-state index is 13.0. The van der Waals surface area contributed by atoms with Crippen LogP contribution in [-0.4, -0.2) is 29.8 Å². The molecule has 4 aromatic carbocycles. The van der Waals surface area contributed by atoms with Crippen LogP contribution in [0.2, 0.25) is 0 Å². The number of carbonyl (C=O) groups excluding carboxylic acids is 2. The number of nitrogens with zero attached hydrogens (tertiary/aromatic N) is 1. The Morgan fingerprint density at radius 1 is 0.795 bits per heavy atom. The predicted molar refractivity (Wildman–Crippen MR) is 157 cm³/mol. The molecule has 0 aromatic heterocycles. The molecule has 0 bridgehead atoms. The fraction of sp³-hybridized carbons (Fsp3) is 0.235. The molecule has 1 heterocycles. The second-order valence-electron chi connectivity index (χ2n) is 10.5. The molecule has 4 aromatic rings. The summed E-state index contributed by atoms with van der Waals surface area (Å²) in [5, 5.41) is 6.61. The van der Waals surface area contributed by atoms with E-state index in [0.717, 1.165) is 23.2 Å². The minimum absolute atomic E-state index is 0.0529. The third kappa shape index (κ3) is 6.04. The van der Waals surface area contributed by atoms with Crippen LogP contribution in [0, 0.1) is 5.92 Å². The van der Waals surface area contributed by atoms with Crippen molar-refractivity contribution in [3.05, 3.63) is 137 Å². The van der Waals surface area contributed by atoms with Crippen LogP contribution in [0.4, 0.5) is 5.69 Å². The van der Waals surface area contributed by atoms with E-state index in [0.29, 0.717) is 24.6 Å². The van der Waals surface area contributed by atoms with Gasteiger partial charge in [-0.3, -0.25) is 9.59 Å². The Balaban J connectivity index is 1.23. The summed E-state index contributed by atoms with van der Waals surface area (Å²) in [5.74, 6) is 0.522. The van der Waals surface area contributed by atoms with Crippen LogP contribution in [0.5, 0.6) is 0 Å². The van der Waals surface area contributed by atoms with E-state index in [2.05, 4.69) is 73.0 Å². The van der Waals surface area contributed by atoms with Crippen molar-refractivity contribution < 1.29 is 9.59 Å². The number of nitrogens with one attached hydrogen (secondary N) is 2. The standard InChI is InChI=1S/C34H35N3O2/c1-24(2)23-37-32(30-15-9-10-16-31(30)34(37)39)36-28-19-17-27(18-20-28)33(38)35-22-21-29(25-11-5-3-6-12-25)26-13-7-4-8-14-26/h3-20,24,29,32,36H,21-23H2,1-2H3,(H,35,38)/t32-/m1/s1. The highest BCUT2D eigenvalue weighted by atomic mass is 16.2. The first kappa shape index (κ1) is 26.2. The average molecular weight is 518 g/mol. The lowest BCUT2D eigenvalue weighted by atomic mass is 9.88. The van der Waals surface area contributed by atoms with E-state index in [-0.39, 0.29) is 23.9 Å². The monoisotopic (exact) mass is 517 g/mol. The fourth-order valence-corrected chi connectivity index (χ4v) is 5.31. The molecule has 5 nitrogen and oxygen atoms in total. The molecular weight excluding hydrogens is 482 g/mol. The Morgan fingerprint density at radius 3 is 2.00 bits per heavy atom. The van der Waals surface area contributed by atoms with Gasteiger partial charge >= 0.3 is 0 Å². The molecule has 198 valence electrons. The third-order valence-electron chi connectivity index (χ3n) is 7.19. The molecule has 5 heteroatoms. The number of hydrogen-bond donors (Lipinski definition) is 2. The Morgan fingerprint density at radius 2 is 1.38 bits per heavy atom. The summed E-state index contributed by atoms with van der Waals surface area (Å²) < 4.78 is 0. The van der Waals surface area contributed by atoms with E-state index in [1.54, 1.807) is 0 Å². The van der Waals surface area contributed by atoms with E-state index in [4.69, 9.17) is 0 Å². The number of rotatable bonds is 10. The number of amides is 2. The van der Waals surface area contributed by atoms with Crippen molar-refractivity contribution in [2.24, 2.45) is 5.92 Å². The quantitative estimate of drug-likeness (QED) is 0.242. The third-order valence-corrected chi connectivity index (χ3v) is 7.19. The molecule has 1 aliphatic heterocycles. The zero-order valence-electron chi connectivity index (χ0n) is 22.5. The molecule has 0 spiro atoms. The van der Waals surface area contributed by atoms with Gasteiger partial charge in [-0.05, 0) is 53.8 Å². The van der Waals surface area contributed by atoms with Gasteiger partial charge in [0.1, 0.15) is 6.17 Å². The largest absolute Gasteiger partial charge is 0.361 e. The maximum Gasteiger partial charge on any atom is 0.256 e. The topological polar surface area (TPSA) is 61.4 Å². The van der Waals surface area contributed by atoms with Crippen molar-refractivity contribution in [2.75, 3.05) is 18.4 Å². The van der Waals surface area contributed by atoms with Gasteiger partial charge in [-0.15, -0.1) is 0 Å². The normalized spacial score (nSPS) is 14.5. The van der Waals surface area contributed by atoms with Gasteiger partial charge in [0.05, 0.1) is 0 Å². The SMILES string of the molecule is CC(C)CN1C(=O)c2ccccc2[C@@H]1Nc1ccc(C(=O)NCCC(c2ccccc2)c2ccccc2)cc1. The minimum Gasteiger partial charge on any atom is -0.361 e. The molecule has 0 saturated carbocycles. The summed E-state index contributed by atoms with van der Waals surface area (Å²) in [6.45, 7) is 5.46. The summed E-state index contributed by atoms with van der Waals surface area (Å²) in [4.78, 5) is 27.9. The number of benzene rings is 4. The molecular formula is C34H35N3O2. The summed E-state index contributed by atoms with van der Waals surface area (Å²) in [5.41, 5.74) is 5.69. The second-order valence-corrected chi connectivity index (χ2v) is 10.5. The van der Waals surface area contributed by atoms with Gasteiger partial charge in [-0.1, -0.05) is 92.7 Å². The van der Waals surface area contributed by atoms with Gasteiger partial charge in [0.25, 0.3) is 11.8 Å². The Bertz CT molecular complexity index is 1360. The molecule has 0 radical (unpaired) electrons. The van der Waals surface area contributed by atoms with Gasteiger partial charge in [0.15, 0.2) is 0 Å². The van der Waals surface area contributed by atoms with E-state index in [1.165, 1.54) is 11.1 Å². The molecule has 5 rings (SSSR count). The van der Waals surface area contributed by atoms with Gasteiger partial charge in [-0.25, -0.2) is 0 Å². The smallest absolute Gasteiger partial charge is 0.256 e. The van der Waals surface area contributed by atoms with E-state index >= 15 is 0 Å². The number of carbonyl (C=O) groups is 2. The van der Waals surface area contributed by atoms with Gasteiger partial charge in [-0.2, -0.15) is 0 Å². The zero-order chi connectivity index (χ0) is 27.2. The molecule has 0 aliphatic carbocycles. The van der Waals surface area contributed by atoms with E-state index < -0.39 is 0 Å². The van der Waals surface area contributed by atoms with E-state index in [9.17, 15) is 9.59 Å². The Labute approximate surface area is 230 Å². The van der Waals surface area contributed by atoms with Crippen molar-refractivity contribution in [1.29, 1.82) is 0 Å². The molecule has 1 atom stereocenters. The average Bonchev–Trinajstić information content (AvgIpc) is 3.22. The van der Waals surface area contributed by atoms with Crippen LogP contribution in [0.3, 0.4) is 0 Å². The van der Waals surface area contributed by atoms with Gasteiger partial charge in [0.2, 0.25) is 0 Å². The van der Waals surface area contributed by atoms with Crippen LogP contribution in [0.1, 0.15) is 69.8 Å². The van der Waals surface area contributed by atoms with Crippen molar-refractivity contribution in [3.63, 3.8) is 0 Å². The summed E-state index contributed by atoms with van der Waals surface area (Å²) in [6.07, 6.45) is 0.573. The lowest BCUT2D eigenvalue weighted by molar-refractivity contribution is 0.0720. The zero-order valence-corrected chi connectivity index (χ0v) is 22.5. The van der Waals surface area contributed by atoms with Crippen LogP contribution in [-0.2, 0) is 0 Å². The fourth-order valence-electron chi connectivity index (χ4n) is 5.31. The Kier molecular flexibility index (Phi) is 8.07. The van der Waals surface area contributed by atoms with Crippen LogP contribution >= 0.6 is 0 Å². The first-order valence-electron chi connectivity index (χ1n) is 13.7. The number of fused-ring (bicyclic) bond motifs is 1. The summed E-state index contributed by atoms with van der Waals surface area (Å²) in [6, 6.07) is 36.1. The number of anilines is 1. The highest BCUT2D eigenvalue weighted by Gasteiger charge is 2.36. The first-order chi connectivity index (χ1) is 19.0. The van der Waals surface area contributed by atoms with Crippen molar-refractivity contribution in [1.82, 2.24) is 10.2 Å². The molecule has 2 amide bonds. The first-order valence-corrected chi connectivity index (χ1v) is 13.7. The molecule has 39 heavy (non-hydrogen) atoms. The maximum atomic E-state index is 13.0. The predicted octanol–water partition coefficient (Wildman–Crippen LogP) is 6.86. The van der Waals surface area contributed by atoms with Crippen molar-refractivity contribution >= 4 is 17.5 Å². The van der Waals surface area contributed by atoms with Crippen molar-refractivity contribution in [3.8, 4) is 0 Å². The molecule has 1 aliphatic rings. The molecule has 0 unspecified atom stereocenters. The molecule has 2 N–H and O–H groups in total.